The average molecular weight is 207 g/mol. The second-order valence-electron chi connectivity index (χ2n) is 3.76. The molecule has 0 unspecified atom stereocenters. The minimum atomic E-state index is -0.372. The summed E-state index contributed by atoms with van der Waals surface area (Å²) in [6.45, 7) is 4.52. The van der Waals surface area contributed by atoms with E-state index in [2.05, 4.69) is 26.0 Å². The molecule has 0 fully saturated rings. The predicted octanol–water partition coefficient (Wildman–Crippen LogP) is 1.81. The first-order valence-corrected chi connectivity index (χ1v) is 5.08. The number of carbonyl (C=O) groups excluding carboxylic acids is 1. The van der Waals surface area contributed by atoms with Gasteiger partial charge in [-0.1, -0.05) is 38.1 Å². The number of rotatable bonds is 4. The van der Waals surface area contributed by atoms with Crippen LogP contribution >= 0.6 is 0 Å². The van der Waals surface area contributed by atoms with E-state index in [9.17, 15) is 4.79 Å². The largest absolute Gasteiger partial charge is 0.460 e. The first-order valence-electron chi connectivity index (χ1n) is 5.08. The van der Waals surface area contributed by atoms with Gasteiger partial charge in [-0.3, -0.25) is 4.79 Å². The fourth-order valence-electron chi connectivity index (χ4n) is 1.22. The molecule has 0 heterocycles. The summed E-state index contributed by atoms with van der Waals surface area (Å²) in [6, 6.07) is 8.05. The Kier molecular flexibility index (Phi) is 4.31. The van der Waals surface area contributed by atoms with Gasteiger partial charge >= 0.3 is 5.97 Å². The van der Waals surface area contributed by atoms with Gasteiger partial charge < -0.3 is 10.5 Å². The van der Waals surface area contributed by atoms with Crippen molar-refractivity contribution in [1.29, 1.82) is 0 Å². The van der Waals surface area contributed by atoms with Gasteiger partial charge in [0.15, 0.2) is 0 Å². The first kappa shape index (κ1) is 11.7. The van der Waals surface area contributed by atoms with Crippen LogP contribution in [0.2, 0.25) is 0 Å². The quantitative estimate of drug-likeness (QED) is 0.766. The van der Waals surface area contributed by atoms with E-state index in [1.165, 1.54) is 5.56 Å². The Bertz CT molecular complexity index is 317. The van der Waals surface area contributed by atoms with Crippen molar-refractivity contribution in [3.05, 3.63) is 35.4 Å². The maximum atomic E-state index is 10.8. The molecule has 0 saturated heterocycles. The van der Waals surface area contributed by atoms with Crippen LogP contribution < -0.4 is 5.73 Å². The molecular weight excluding hydrogens is 190 g/mol. The summed E-state index contributed by atoms with van der Waals surface area (Å²) in [6.07, 6.45) is 0. The molecule has 0 radical (unpaired) electrons. The smallest absolute Gasteiger partial charge is 0.320 e. The fourth-order valence-corrected chi connectivity index (χ4v) is 1.22. The van der Waals surface area contributed by atoms with Crippen LogP contribution in [0.5, 0.6) is 0 Å². The molecule has 0 aliphatic carbocycles. The molecule has 0 atom stereocenters. The second kappa shape index (κ2) is 5.51. The van der Waals surface area contributed by atoms with Gasteiger partial charge in [-0.25, -0.2) is 0 Å². The van der Waals surface area contributed by atoms with Gasteiger partial charge in [0.2, 0.25) is 0 Å². The van der Waals surface area contributed by atoms with Crippen molar-refractivity contribution in [1.82, 2.24) is 0 Å². The Morgan fingerprint density at radius 2 is 1.93 bits per heavy atom. The third kappa shape index (κ3) is 3.72. The summed E-state index contributed by atoms with van der Waals surface area (Å²) in [5.41, 5.74) is 7.39. The molecule has 0 spiro atoms. The predicted molar refractivity (Wildman–Crippen MR) is 59.4 cm³/mol. The minimum Gasteiger partial charge on any atom is -0.460 e. The SMILES string of the molecule is CC(C)c1ccc(COC(=O)CN)cc1. The number of esters is 1. The molecule has 2 N–H and O–H groups in total. The number of hydrogen-bond donors (Lipinski definition) is 1. The maximum Gasteiger partial charge on any atom is 0.320 e. The van der Waals surface area contributed by atoms with E-state index in [4.69, 9.17) is 10.5 Å². The zero-order valence-electron chi connectivity index (χ0n) is 9.19. The Balaban J connectivity index is 2.53. The lowest BCUT2D eigenvalue weighted by Gasteiger charge is -2.07. The summed E-state index contributed by atoms with van der Waals surface area (Å²) in [5, 5.41) is 0. The van der Waals surface area contributed by atoms with Crippen molar-refractivity contribution in [3.63, 3.8) is 0 Å². The zero-order chi connectivity index (χ0) is 11.3. The van der Waals surface area contributed by atoms with Gasteiger partial charge in [0, 0.05) is 0 Å². The molecule has 0 aromatic heterocycles. The van der Waals surface area contributed by atoms with Crippen LogP contribution in [0, 0.1) is 0 Å². The molecule has 0 amide bonds. The summed E-state index contributed by atoms with van der Waals surface area (Å²) >= 11 is 0. The lowest BCUT2D eigenvalue weighted by atomic mass is 10.0. The van der Waals surface area contributed by atoms with Crippen molar-refractivity contribution in [2.45, 2.75) is 26.4 Å². The summed E-state index contributed by atoms with van der Waals surface area (Å²) < 4.78 is 4.91. The Morgan fingerprint density at radius 3 is 2.40 bits per heavy atom. The van der Waals surface area contributed by atoms with Crippen LogP contribution in [0.1, 0.15) is 30.9 Å². The molecule has 15 heavy (non-hydrogen) atoms. The van der Waals surface area contributed by atoms with Gasteiger partial charge in [-0.2, -0.15) is 0 Å². The van der Waals surface area contributed by atoms with Crippen LogP contribution in [0.25, 0.3) is 0 Å². The van der Waals surface area contributed by atoms with E-state index in [1.54, 1.807) is 0 Å². The molecule has 0 saturated carbocycles. The Labute approximate surface area is 90.2 Å². The van der Waals surface area contributed by atoms with Gasteiger partial charge in [0.1, 0.15) is 6.61 Å². The molecule has 1 aromatic rings. The van der Waals surface area contributed by atoms with Gasteiger partial charge in [0.25, 0.3) is 0 Å². The molecule has 82 valence electrons. The van der Waals surface area contributed by atoms with Crippen LogP contribution in [0.3, 0.4) is 0 Å². The van der Waals surface area contributed by atoms with E-state index in [0.29, 0.717) is 12.5 Å². The molecular formula is C12H17NO2. The highest BCUT2D eigenvalue weighted by Crippen LogP contribution is 2.14. The van der Waals surface area contributed by atoms with Crippen molar-refractivity contribution in [2.75, 3.05) is 6.54 Å². The molecule has 0 bridgehead atoms. The summed E-state index contributed by atoms with van der Waals surface area (Å²) in [7, 11) is 0. The first-order chi connectivity index (χ1) is 7.13. The maximum absolute atomic E-state index is 10.8. The van der Waals surface area contributed by atoms with Gasteiger partial charge in [-0.05, 0) is 17.0 Å². The van der Waals surface area contributed by atoms with Crippen LogP contribution in [-0.4, -0.2) is 12.5 Å². The molecule has 3 heteroatoms. The molecule has 1 aromatic carbocycles. The topological polar surface area (TPSA) is 52.3 Å². The molecule has 3 nitrogen and oxygen atoms in total. The number of nitrogens with two attached hydrogens (primary N) is 1. The van der Waals surface area contributed by atoms with Gasteiger partial charge in [0.05, 0.1) is 6.54 Å². The Morgan fingerprint density at radius 1 is 1.33 bits per heavy atom. The van der Waals surface area contributed by atoms with Crippen molar-refractivity contribution in [3.8, 4) is 0 Å². The highest BCUT2D eigenvalue weighted by atomic mass is 16.5. The molecule has 1 rings (SSSR count). The standard InChI is InChI=1S/C12H17NO2/c1-9(2)11-5-3-10(4-6-11)8-15-12(14)7-13/h3-6,9H,7-8,13H2,1-2H3. The minimum absolute atomic E-state index is 0.0654. The number of hydrogen-bond acceptors (Lipinski definition) is 3. The van der Waals surface area contributed by atoms with Crippen molar-refractivity contribution < 1.29 is 9.53 Å². The zero-order valence-corrected chi connectivity index (χ0v) is 9.19. The molecule has 0 aliphatic heterocycles. The summed E-state index contributed by atoms with van der Waals surface area (Å²) in [4.78, 5) is 10.8. The fraction of sp³-hybridized carbons (Fsp3) is 0.417. The highest BCUT2D eigenvalue weighted by molar-refractivity contribution is 5.71. The number of benzene rings is 1. The normalized spacial score (nSPS) is 10.4. The van der Waals surface area contributed by atoms with Crippen molar-refractivity contribution in [2.24, 2.45) is 5.73 Å². The summed E-state index contributed by atoms with van der Waals surface area (Å²) in [5.74, 6) is 0.147. The molecule has 0 aliphatic rings. The number of carbonyl (C=O) groups is 1. The Hall–Kier alpha value is -1.35. The van der Waals surface area contributed by atoms with E-state index in [-0.39, 0.29) is 12.5 Å². The highest BCUT2D eigenvalue weighted by Gasteiger charge is 2.01. The average Bonchev–Trinajstić information content (AvgIpc) is 2.26. The van der Waals surface area contributed by atoms with E-state index >= 15 is 0 Å². The monoisotopic (exact) mass is 207 g/mol. The third-order valence-electron chi connectivity index (χ3n) is 2.21. The second-order valence-corrected chi connectivity index (χ2v) is 3.76. The van der Waals surface area contributed by atoms with Crippen molar-refractivity contribution >= 4 is 5.97 Å². The van der Waals surface area contributed by atoms with Crippen LogP contribution in [0.15, 0.2) is 24.3 Å². The van der Waals surface area contributed by atoms with E-state index in [0.717, 1.165) is 5.56 Å². The van der Waals surface area contributed by atoms with Gasteiger partial charge in [-0.15, -0.1) is 0 Å². The number of ether oxygens (including phenoxy) is 1. The lowest BCUT2D eigenvalue weighted by molar-refractivity contribution is -0.143. The van der Waals surface area contributed by atoms with E-state index in [1.807, 2.05) is 12.1 Å². The van der Waals surface area contributed by atoms with Crippen LogP contribution in [0.4, 0.5) is 0 Å². The third-order valence-corrected chi connectivity index (χ3v) is 2.21. The van der Waals surface area contributed by atoms with Crippen LogP contribution in [-0.2, 0) is 16.1 Å². The lowest BCUT2D eigenvalue weighted by Crippen LogP contribution is -2.16. The van der Waals surface area contributed by atoms with E-state index < -0.39 is 0 Å².